The first kappa shape index (κ1) is 27.0. The van der Waals surface area contributed by atoms with Crippen molar-refractivity contribution in [3.8, 4) is 23.0 Å². The fourth-order valence-corrected chi connectivity index (χ4v) is 5.39. The summed E-state index contributed by atoms with van der Waals surface area (Å²) in [5.74, 6) is 1.69. The average Bonchev–Trinajstić information content (AvgIpc) is 3.22. The van der Waals surface area contributed by atoms with E-state index in [1.165, 1.54) is 23.0 Å². The minimum atomic E-state index is -0.827. The molecule has 38 heavy (non-hydrogen) atoms. The molecule has 4 rings (SSSR count). The summed E-state index contributed by atoms with van der Waals surface area (Å²) in [6.45, 7) is 6.01. The summed E-state index contributed by atoms with van der Waals surface area (Å²) in [6, 6.07) is 9.89. The molecule has 0 N–H and O–H groups in total. The summed E-state index contributed by atoms with van der Waals surface area (Å²) in [6.07, 6.45) is 1.77. The Bertz CT molecular complexity index is 1570. The minimum absolute atomic E-state index is 0.182. The van der Waals surface area contributed by atoms with Crippen LogP contribution in [0.15, 0.2) is 57.5 Å². The van der Waals surface area contributed by atoms with Crippen molar-refractivity contribution in [3.05, 3.63) is 78.5 Å². The van der Waals surface area contributed by atoms with Crippen molar-refractivity contribution in [2.75, 3.05) is 34.5 Å². The lowest BCUT2D eigenvalue weighted by atomic mass is 9.94. The Balaban J connectivity index is 1.97. The number of allylic oxidation sites excluding steroid dienone is 1. The van der Waals surface area contributed by atoms with E-state index in [9.17, 15) is 9.59 Å². The maximum atomic E-state index is 13.9. The number of carbonyl (C=O) groups excluding carboxylic acids is 1. The zero-order chi connectivity index (χ0) is 27.4. The molecule has 1 atom stereocenters. The zero-order valence-corrected chi connectivity index (χ0v) is 23.0. The predicted molar refractivity (Wildman–Crippen MR) is 144 cm³/mol. The first-order chi connectivity index (χ1) is 18.4. The third-order valence-corrected chi connectivity index (χ3v) is 7.02. The van der Waals surface area contributed by atoms with E-state index >= 15 is 0 Å². The number of carbonyl (C=O) groups is 1. The highest BCUT2D eigenvalue weighted by atomic mass is 32.1. The molecule has 1 aliphatic rings. The standard InChI is InChI=1S/C28H30N2O7S/c1-7-36-22-13-17(9-11-21(22)35-6)14-23-26(31)30-25(19-15-18(33-4)10-12-20(19)34-5)24(27(32)37-8-2)16(3)29-28(30)38-23/h9-15,25H,7-8H2,1-6H3/b23-14-/t25-/m0/s1. The molecule has 10 heteroatoms. The van der Waals surface area contributed by atoms with Gasteiger partial charge in [-0.3, -0.25) is 9.36 Å². The number of thiazole rings is 1. The van der Waals surface area contributed by atoms with E-state index in [1.54, 1.807) is 58.4 Å². The molecular weight excluding hydrogens is 508 g/mol. The maximum absolute atomic E-state index is 13.9. The molecule has 0 unspecified atom stereocenters. The Hall–Kier alpha value is -4.05. The topological polar surface area (TPSA) is 97.6 Å². The van der Waals surface area contributed by atoms with Gasteiger partial charge in [0.05, 0.1) is 50.3 Å². The van der Waals surface area contributed by atoms with Crippen molar-refractivity contribution in [1.82, 2.24) is 4.57 Å². The monoisotopic (exact) mass is 538 g/mol. The lowest BCUT2D eigenvalue weighted by molar-refractivity contribution is -0.139. The Kier molecular flexibility index (Phi) is 8.21. The van der Waals surface area contributed by atoms with Gasteiger partial charge in [-0.25, -0.2) is 9.79 Å². The van der Waals surface area contributed by atoms with Gasteiger partial charge in [-0.2, -0.15) is 0 Å². The molecule has 3 aromatic rings. The molecule has 0 radical (unpaired) electrons. The summed E-state index contributed by atoms with van der Waals surface area (Å²) in [4.78, 5) is 32.2. The number of rotatable bonds is 9. The Morgan fingerprint density at radius 1 is 1.00 bits per heavy atom. The van der Waals surface area contributed by atoms with E-state index in [0.29, 0.717) is 50.2 Å². The second-order valence-electron chi connectivity index (χ2n) is 8.25. The summed E-state index contributed by atoms with van der Waals surface area (Å²) in [5.41, 5.74) is 1.78. The van der Waals surface area contributed by atoms with Crippen LogP contribution in [0.1, 0.15) is 37.9 Å². The van der Waals surface area contributed by atoms with Crippen molar-refractivity contribution in [2.45, 2.75) is 26.8 Å². The Morgan fingerprint density at radius 2 is 1.74 bits per heavy atom. The first-order valence-corrected chi connectivity index (χ1v) is 12.9. The molecule has 2 heterocycles. The van der Waals surface area contributed by atoms with E-state index in [2.05, 4.69) is 4.99 Å². The van der Waals surface area contributed by atoms with Crippen LogP contribution >= 0.6 is 11.3 Å². The average molecular weight is 539 g/mol. The van der Waals surface area contributed by atoms with E-state index in [-0.39, 0.29) is 17.7 Å². The number of nitrogens with zero attached hydrogens (tertiary/aromatic N) is 2. The number of methoxy groups -OCH3 is 3. The van der Waals surface area contributed by atoms with Crippen LogP contribution < -0.4 is 33.8 Å². The van der Waals surface area contributed by atoms with Crippen LogP contribution in [0.3, 0.4) is 0 Å². The number of aromatic nitrogens is 1. The van der Waals surface area contributed by atoms with Crippen molar-refractivity contribution in [2.24, 2.45) is 4.99 Å². The van der Waals surface area contributed by atoms with Gasteiger partial charge in [-0.05, 0) is 62.7 Å². The first-order valence-electron chi connectivity index (χ1n) is 12.1. The van der Waals surface area contributed by atoms with Gasteiger partial charge in [0.15, 0.2) is 16.3 Å². The highest BCUT2D eigenvalue weighted by Gasteiger charge is 2.35. The molecule has 0 saturated heterocycles. The van der Waals surface area contributed by atoms with Gasteiger partial charge in [0.1, 0.15) is 17.5 Å². The van der Waals surface area contributed by atoms with Crippen LogP contribution in [0.4, 0.5) is 0 Å². The number of fused-ring (bicyclic) bond motifs is 1. The molecule has 0 bridgehead atoms. The van der Waals surface area contributed by atoms with Crippen LogP contribution in [0, 0.1) is 0 Å². The van der Waals surface area contributed by atoms with Crippen molar-refractivity contribution in [3.63, 3.8) is 0 Å². The van der Waals surface area contributed by atoms with Gasteiger partial charge in [0.2, 0.25) is 0 Å². The summed E-state index contributed by atoms with van der Waals surface area (Å²) in [7, 11) is 4.66. The third-order valence-electron chi connectivity index (χ3n) is 6.03. The molecule has 2 aromatic carbocycles. The van der Waals surface area contributed by atoms with E-state index in [0.717, 1.165) is 5.56 Å². The number of hydrogen-bond acceptors (Lipinski definition) is 9. The molecule has 0 amide bonds. The van der Waals surface area contributed by atoms with Gasteiger partial charge in [-0.15, -0.1) is 0 Å². The van der Waals surface area contributed by atoms with Gasteiger partial charge >= 0.3 is 5.97 Å². The highest BCUT2D eigenvalue weighted by molar-refractivity contribution is 7.07. The van der Waals surface area contributed by atoms with Crippen LogP contribution in [0.2, 0.25) is 0 Å². The van der Waals surface area contributed by atoms with Crippen LogP contribution in [0.5, 0.6) is 23.0 Å². The minimum Gasteiger partial charge on any atom is -0.497 e. The van der Waals surface area contributed by atoms with Gasteiger partial charge in [0, 0.05) is 5.56 Å². The summed E-state index contributed by atoms with van der Waals surface area (Å²) in [5, 5.41) is 0. The quantitative estimate of drug-likeness (QED) is 0.386. The second-order valence-corrected chi connectivity index (χ2v) is 9.26. The third kappa shape index (κ3) is 5.04. The molecule has 1 aromatic heterocycles. The van der Waals surface area contributed by atoms with E-state index < -0.39 is 12.0 Å². The molecule has 0 aliphatic carbocycles. The SMILES string of the molecule is CCOC(=O)C1=C(C)N=c2s/c(=C\c3ccc(OC)c(OCC)c3)c(=O)n2[C@H]1c1cc(OC)ccc1OC. The Labute approximate surface area is 224 Å². The number of benzene rings is 2. The van der Waals surface area contributed by atoms with Crippen molar-refractivity contribution < 1.29 is 28.5 Å². The summed E-state index contributed by atoms with van der Waals surface area (Å²) < 4.78 is 29.5. The Morgan fingerprint density at radius 3 is 2.39 bits per heavy atom. The molecule has 1 aliphatic heterocycles. The number of ether oxygens (including phenoxy) is 5. The molecule has 200 valence electrons. The van der Waals surface area contributed by atoms with Crippen LogP contribution in [0.25, 0.3) is 6.08 Å². The van der Waals surface area contributed by atoms with E-state index in [4.69, 9.17) is 23.7 Å². The lowest BCUT2D eigenvalue weighted by Gasteiger charge is -2.26. The normalized spacial score (nSPS) is 15.0. The summed E-state index contributed by atoms with van der Waals surface area (Å²) >= 11 is 1.24. The fourth-order valence-electron chi connectivity index (χ4n) is 4.34. The predicted octanol–water partition coefficient (Wildman–Crippen LogP) is 3.22. The van der Waals surface area contributed by atoms with Crippen LogP contribution in [-0.4, -0.2) is 45.1 Å². The van der Waals surface area contributed by atoms with E-state index in [1.807, 2.05) is 19.1 Å². The van der Waals surface area contributed by atoms with Crippen molar-refractivity contribution >= 4 is 23.4 Å². The molecular formula is C28H30N2O7S. The zero-order valence-electron chi connectivity index (χ0n) is 22.2. The maximum Gasteiger partial charge on any atom is 0.338 e. The number of esters is 1. The van der Waals surface area contributed by atoms with Crippen molar-refractivity contribution in [1.29, 1.82) is 0 Å². The fraction of sp³-hybridized carbons (Fsp3) is 0.321. The molecule has 0 fully saturated rings. The van der Waals surface area contributed by atoms with Gasteiger partial charge in [0.25, 0.3) is 5.56 Å². The highest BCUT2D eigenvalue weighted by Crippen LogP contribution is 2.38. The van der Waals surface area contributed by atoms with Gasteiger partial charge < -0.3 is 23.7 Å². The van der Waals surface area contributed by atoms with Crippen LogP contribution in [-0.2, 0) is 9.53 Å². The second kappa shape index (κ2) is 11.6. The largest absolute Gasteiger partial charge is 0.497 e. The molecule has 0 spiro atoms. The lowest BCUT2D eigenvalue weighted by Crippen LogP contribution is -2.40. The molecule has 9 nitrogen and oxygen atoms in total. The number of hydrogen-bond donors (Lipinski definition) is 0. The smallest absolute Gasteiger partial charge is 0.338 e. The molecule has 0 saturated carbocycles. The van der Waals surface area contributed by atoms with Gasteiger partial charge in [-0.1, -0.05) is 17.4 Å².